The predicted octanol–water partition coefficient (Wildman–Crippen LogP) is 3.77. The average Bonchev–Trinajstić information content (AvgIpc) is 2.46. The van der Waals surface area contributed by atoms with Gasteiger partial charge in [-0.1, -0.05) is 42.0 Å². The standard InChI is InChI=1S/C17H13NO/c1-12-5-4-6-13(11-12)17(19)15-9-10-18-16-8-3-2-7-14(15)16/h2-11H,1H3. The number of aryl methyl sites for hydroxylation is 1. The van der Waals surface area contributed by atoms with Crippen molar-refractivity contribution >= 4 is 16.7 Å². The normalized spacial score (nSPS) is 10.6. The van der Waals surface area contributed by atoms with E-state index in [0.717, 1.165) is 22.0 Å². The van der Waals surface area contributed by atoms with Crippen LogP contribution >= 0.6 is 0 Å². The summed E-state index contributed by atoms with van der Waals surface area (Å²) in [6.07, 6.45) is 1.69. The molecule has 0 aliphatic rings. The van der Waals surface area contributed by atoms with Crippen LogP contribution in [-0.2, 0) is 0 Å². The highest BCUT2D eigenvalue weighted by molar-refractivity contribution is 6.15. The van der Waals surface area contributed by atoms with Gasteiger partial charge in [-0.3, -0.25) is 9.78 Å². The molecular weight excluding hydrogens is 234 g/mol. The van der Waals surface area contributed by atoms with Crippen LogP contribution in [0.15, 0.2) is 60.8 Å². The Bertz CT molecular complexity index is 757. The number of hydrogen-bond acceptors (Lipinski definition) is 2. The third-order valence-electron chi connectivity index (χ3n) is 3.17. The first-order chi connectivity index (χ1) is 9.25. The summed E-state index contributed by atoms with van der Waals surface area (Å²) in [7, 11) is 0. The molecule has 3 rings (SSSR count). The highest BCUT2D eigenvalue weighted by Gasteiger charge is 2.12. The molecule has 2 aromatic carbocycles. The van der Waals surface area contributed by atoms with Gasteiger partial charge in [0.1, 0.15) is 0 Å². The van der Waals surface area contributed by atoms with E-state index in [2.05, 4.69) is 4.98 Å². The van der Waals surface area contributed by atoms with Crippen LogP contribution in [0.1, 0.15) is 21.5 Å². The summed E-state index contributed by atoms with van der Waals surface area (Å²) >= 11 is 0. The van der Waals surface area contributed by atoms with Crippen molar-refractivity contribution in [1.82, 2.24) is 4.98 Å². The van der Waals surface area contributed by atoms with Crippen LogP contribution < -0.4 is 0 Å². The fourth-order valence-electron chi connectivity index (χ4n) is 2.24. The van der Waals surface area contributed by atoms with Gasteiger partial charge in [-0.2, -0.15) is 0 Å². The highest BCUT2D eigenvalue weighted by Crippen LogP contribution is 2.20. The Balaban J connectivity index is 2.17. The van der Waals surface area contributed by atoms with E-state index in [1.165, 1.54) is 0 Å². The summed E-state index contributed by atoms with van der Waals surface area (Å²) in [5, 5.41) is 0.900. The molecule has 0 aliphatic heterocycles. The quantitative estimate of drug-likeness (QED) is 0.645. The van der Waals surface area contributed by atoms with E-state index < -0.39 is 0 Å². The fourth-order valence-corrected chi connectivity index (χ4v) is 2.24. The largest absolute Gasteiger partial charge is 0.289 e. The molecule has 0 bridgehead atoms. The van der Waals surface area contributed by atoms with E-state index in [1.54, 1.807) is 12.3 Å². The van der Waals surface area contributed by atoms with Crippen LogP contribution in [0.25, 0.3) is 10.9 Å². The van der Waals surface area contributed by atoms with Gasteiger partial charge in [0.05, 0.1) is 5.52 Å². The zero-order valence-electron chi connectivity index (χ0n) is 10.6. The second-order valence-electron chi connectivity index (χ2n) is 4.57. The molecule has 0 N–H and O–H groups in total. The lowest BCUT2D eigenvalue weighted by Crippen LogP contribution is -2.02. The van der Waals surface area contributed by atoms with Crippen molar-refractivity contribution in [2.75, 3.05) is 0 Å². The number of hydrogen-bond donors (Lipinski definition) is 0. The molecule has 0 fully saturated rings. The first kappa shape index (κ1) is 11.6. The van der Waals surface area contributed by atoms with Crippen molar-refractivity contribution in [1.29, 1.82) is 0 Å². The molecule has 0 saturated heterocycles. The molecule has 0 amide bonds. The van der Waals surface area contributed by atoms with Gasteiger partial charge in [-0.15, -0.1) is 0 Å². The third-order valence-corrected chi connectivity index (χ3v) is 3.17. The van der Waals surface area contributed by atoms with Crippen molar-refractivity contribution < 1.29 is 4.79 Å². The molecule has 1 aromatic heterocycles. The topological polar surface area (TPSA) is 30.0 Å². The Kier molecular flexibility index (Phi) is 2.84. The molecule has 0 spiro atoms. The molecule has 3 aromatic rings. The monoisotopic (exact) mass is 247 g/mol. The van der Waals surface area contributed by atoms with Crippen LogP contribution in [0.2, 0.25) is 0 Å². The van der Waals surface area contributed by atoms with E-state index in [-0.39, 0.29) is 5.78 Å². The van der Waals surface area contributed by atoms with E-state index in [9.17, 15) is 4.79 Å². The Morgan fingerprint density at radius 2 is 1.84 bits per heavy atom. The third kappa shape index (κ3) is 2.13. The zero-order chi connectivity index (χ0) is 13.2. The van der Waals surface area contributed by atoms with Crippen LogP contribution in [0.3, 0.4) is 0 Å². The second-order valence-corrected chi connectivity index (χ2v) is 4.57. The van der Waals surface area contributed by atoms with Gasteiger partial charge in [-0.25, -0.2) is 0 Å². The van der Waals surface area contributed by atoms with Gasteiger partial charge in [0.25, 0.3) is 0 Å². The number of para-hydroxylation sites is 1. The Labute approximate surface area is 111 Å². The minimum Gasteiger partial charge on any atom is -0.289 e. The minimum atomic E-state index is 0.0438. The summed E-state index contributed by atoms with van der Waals surface area (Å²) < 4.78 is 0. The molecule has 19 heavy (non-hydrogen) atoms. The summed E-state index contributed by atoms with van der Waals surface area (Å²) in [6, 6.07) is 17.2. The Morgan fingerprint density at radius 3 is 2.68 bits per heavy atom. The van der Waals surface area contributed by atoms with Crippen molar-refractivity contribution in [3.63, 3.8) is 0 Å². The van der Waals surface area contributed by atoms with E-state index in [1.807, 2.05) is 55.5 Å². The number of ketones is 1. The number of carbonyl (C=O) groups excluding carboxylic acids is 1. The van der Waals surface area contributed by atoms with Gasteiger partial charge < -0.3 is 0 Å². The molecule has 0 radical (unpaired) electrons. The maximum Gasteiger partial charge on any atom is 0.193 e. The molecule has 0 atom stereocenters. The van der Waals surface area contributed by atoms with Gasteiger partial charge in [0, 0.05) is 22.7 Å². The number of aromatic nitrogens is 1. The summed E-state index contributed by atoms with van der Waals surface area (Å²) in [6.45, 7) is 1.99. The maximum atomic E-state index is 12.6. The molecule has 92 valence electrons. The van der Waals surface area contributed by atoms with Crippen LogP contribution in [0, 0.1) is 6.92 Å². The molecule has 0 aliphatic carbocycles. The first-order valence-electron chi connectivity index (χ1n) is 6.21. The van der Waals surface area contributed by atoms with Crippen molar-refractivity contribution in [3.05, 3.63) is 77.5 Å². The number of carbonyl (C=O) groups is 1. The Morgan fingerprint density at radius 1 is 1.00 bits per heavy atom. The lowest BCUT2D eigenvalue weighted by atomic mass is 9.99. The van der Waals surface area contributed by atoms with Crippen molar-refractivity contribution in [3.8, 4) is 0 Å². The highest BCUT2D eigenvalue weighted by atomic mass is 16.1. The van der Waals surface area contributed by atoms with Crippen molar-refractivity contribution in [2.45, 2.75) is 6.92 Å². The first-order valence-corrected chi connectivity index (χ1v) is 6.21. The van der Waals surface area contributed by atoms with Crippen LogP contribution in [-0.4, -0.2) is 10.8 Å². The molecule has 0 saturated carbocycles. The molecule has 2 nitrogen and oxygen atoms in total. The predicted molar refractivity (Wildman–Crippen MR) is 76.4 cm³/mol. The lowest BCUT2D eigenvalue weighted by Gasteiger charge is -2.05. The second kappa shape index (κ2) is 4.65. The van der Waals surface area contributed by atoms with E-state index in [0.29, 0.717) is 5.56 Å². The van der Waals surface area contributed by atoms with Crippen molar-refractivity contribution in [2.24, 2.45) is 0 Å². The van der Waals surface area contributed by atoms with E-state index >= 15 is 0 Å². The number of benzene rings is 2. The number of rotatable bonds is 2. The molecule has 2 heteroatoms. The van der Waals surface area contributed by atoms with Gasteiger partial charge in [0.15, 0.2) is 5.78 Å². The zero-order valence-corrected chi connectivity index (χ0v) is 10.6. The average molecular weight is 247 g/mol. The molecular formula is C17H13NO. The van der Waals surface area contributed by atoms with Gasteiger partial charge in [0.2, 0.25) is 0 Å². The maximum absolute atomic E-state index is 12.6. The van der Waals surface area contributed by atoms with E-state index in [4.69, 9.17) is 0 Å². The molecule has 1 heterocycles. The molecule has 0 unspecified atom stereocenters. The van der Waals surface area contributed by atoms with Gasteiger partial charge in [-0.05, 0) is 25.1 Å². The van der Waals surface area contributed by atoms with Crippen LogP contribution in [0.4, 0.5) is 0 Å². The fraction of sp³-hybridized carbons (Fsp3) is 0.0588. The van der Waals surface area contributed by atoms with Gasteiger partial charge >= 0.3 is 0 Å². The summed E-state index contributed by atoms with van der Waals surface area (Å²) in [5.41, 5.74) is 3.36. The Hall–Kier alpha value is -2.48. The lowest BCUT2D eigenvalue weighted by molar-refractivity contribution is 0.104. The smallest absolute Gasteiger partial charge is 0.193 e. The summed E-state index contributed by atoms with van der Waals surface area (Å²) in [5.74, 6) is 0.0438. The number of pyridine rings is 1. The SMILES string of the molecule is Cc1cccc(C(=O)c2ccnc3ccccc23)c1. The minimum absolute atomic E-state index is 0.0438. The number of nitrogens with zero attached hydrogens (tertiary/aromatic N) is 1. The number of fused-ring (bicyclic) bond motifs is 1. The van der Waals surface area contributed by atoms with Crippen LogP contribution in [0.5, 0.6) is 0 Å². The summed E-state index contributed by atoms with van der Waals surface area (Å²) in [4.78, 5) is 16.9.